The molecule has 118 heavy (non-hydrogen) atoms. The van der Waals surface area contributed by atoms with Crippen LogP contribution in [-0.2, 0) is 76.3 Å². The van der Waals surface area contributed by atoms with Crippen molar-refractivity contribution < 1.29 is 76.3 Å². The van der Waals surface area contributed by atoms with Crippen molar-refractivity contribution in [2.45, 2.75) is 543 Å². The molecule has 0 N–H and O–H groups in total. The van der Waals surface area contributed by atoms with E-state index in [-0.39, 0.29) is 139 Å². The van der Waals surface area contributed by atoms with Crippen LogP contribution in [0.3, 0.4) is 0 Å². The summed E-state index contributed by atoms with van der Waals surface area (Å²) in [5, 5.41) is 0. The lowest BCUT2D eigenvalue weighted by Crippen LogP contribution is -2.44. The Balaban J connectivity index is 0. The molecule has 0 unspecified atom stereocenters. The minimum absolute atomic E-state index is 0.162. The molecule has 0 rings (SSSR count). The predicted octanol–water partition coefficient (Wildman–Crippen LogP) is 30.1. The number of ether oxygens (including phenoxy) is 8. The Hall–Kier alpha value is -4.24. The molecule has 696 valence electrons. The lowest BCUT2D eigenvalue weighted by atomic mass is 9.92. The maximum atomic E-state index is 13.2. The van der Waals surface area contributed by atoms with Gasteiger partial charge in [-0.3, -0.25) is 38.4 Å². The van der Waals surface area contributed by atoms with Crippen molar-refractivity contribution in [2.75, 3.05) is 52.9 Å². The minimum Gasteiger partial charge on any atom is -0.465 e. The minimum atomic E-state index is -1.19. The number of unbranched alkanes of at least 4 members (excludes halogenated alkanes) is 60. The molecular weight excluding hydrogens is 1480 g/mol. The molecule has 0 amide bonds. The van der Waals surface area contributed by atoms with E-state index in [1.54, 1.807) is 0 Å². The highest BCUT2D eigenvalue weighted by atomic mass is 16.6. The van der Waals surface area contributed by atoms with E-state index in [1.807, 2.05) is 0 Å². The molecule has 0 aliphatic heterocycles. The summed E-state index contributed by atoms with van der Waals surface area (Å²) in [5.41, 5.74) is -2.37. The number of carbonyl (C=O) groups excluding carboxylic acids is 8. The van der Waals surface area contributed by atoms with E-state index in [2.05, 4.69) is 55.4 Å². The fourth-order valence-electron chi connectivity index (χ4n) is 14.9. The number of esters is 8. The molecule has 16 nitrogen and oxygen atoms in total. The van der Waals surface area contributed by atoms with Gasteiger partial charge in [0.05, 0.1) is 0 Å². The van der Waals surface area contributed by atoms with Crippen LogP contribution in [0.15, 0.2) is 0 Å². The van der Waals surface area contributed by atoms with Gasteiger partial charge in [0.1, 0.15) is 63.7 Å². The maximum Gasteiger partial charge on any atom is 0.305 e. The molecule has 0 heterocycles. The highest BCUT2D eigenvalue weighted by Crippen LogP contribution is 2.28. The van der Waals surface area contributed by atoms with Crippen molar-refractivity contribution in [3.63, 3.8) is 0 Å². The van der Waals surface area contributed by atoms with Crippen molar-refractivity contribution in [3.8, 4) is 0 Å². The SMILES string of the molecule is CCCCCCCC(=O)OCC(COC(=O)CCCCCCC)(COC(=O)CCCCCCC)COC(=O)CCCCCCC.CCCCCCCCCCCCCCCCCCCCCC(=O)OCC(COC(=O)CCCCCCC)(COC(=O)CCCCCCC)COC(=O)CCCCCCCCCCCCCCCCCCCCC. The van der Waals surface area contributed by atoms with Gasteiger partial charge in [0, 0.05) is 51.4 Å². The van der Waals surface area contributed by atoms with Gasteiger partial charge in [-0.05, 0) is 51.4 Å². The predicted molar refractivity (Wildman–Crippen MR) is 489 cm³/mol. The van der Waals surface area contributed by atoms with Crippen LogP contribution in [0.2, 0.25) is 0 Å². The van der Waals surface area contributed by atoms with Crippen LogP contribution < -0.4 is 0 Å². The molecule has 16 heteroatoms. The third-order valence-electron chi connectivity index (χ3n) is 23.2. The fourth-order valence-corrected chi connectivity index (χ4v) is 14.9. The molecule has 0 bridgehead atoms. The summed E-state index contributed by atoms with van der Waals surface area (Å²) >= 11 is 0. The summed E-state index contributed by atoms with van der Waals surface area (Å²) in [6, 6.07) is 0. The van der Waals surface area contributed by atoms with Gasteiger partial charge in [-0.25, -0.2) is 0 Å². The third-order valence-corrected chi connectivity index (χ3v) is 23.2. The van der Waals surface area contributed by atoms with Gasteiger partial charge in [-0.2, -0.15) is 0 Å². The van der Waals surface area contributed by atoms with Gasteiger partial charge in [-0.15, -0.1) is 0 Å². The summed E-state index contributed by atoms with van der Waals surface area (Å²) in [6.07, 6.45) is 81.6. The Morgan fingerprint density at radius 2 is 0.203 bits per heavy atom. The van der Waals surface area contributed by atoms with E-state index in [0.29, 0.717) is 12.8 Å². The molecule has 0 aromatic heterocycles. The van der Waals surface area contributed by atoms with Crippen molar-refractivity contribution >= 4 is 47.8 Å². The number of carbonyl (C=O) groups is 8. The first-order valence-corrected chi connectivity index (χ1v) is 50.9. The first-order valence-electron chi connectivity index (χ1n) is 50.9. The van der Waals surface area contributed by atoms with Crippen LogP contribution in [0, 0.1) is 10.8 Å². The molecule has 0 spiro atoms. The van der Waals surface area contributed by atoms with E-state index < -0.39 is 10.8 Å². The van der Waals surface area contributed by atoms with Gasteiger partial charge < -0.3 is 37.9 Å². The first kappa shape index (κ1) is 116. The Morgan fingerprint density at radius 3 is 0.288 bits per heavy atom. The topological polar surface area (TPSA) is 210 Å². The summed E-state index contributed by atoms with van der Waals surface area (Å²) in [6.45, 7) is 16.1. The highest BCUT2D eigenvalue weighted by molar-refractivity contribution is 5.72. The number of hydrogen-bond donors (Lipinski definition) is 0. The molecule has 0 aromatic carbocycles. The fraction of sp³-hybridized carbons (Fsp3) is 0.922. The molecule has 0 aliphatic rings. The van der Waals surface area contributed by atoms with Crippen LogP contribution >= 0.6 is 0 Å². The smallest absolute Gasteiger partial charge is 0.305 e. The molecule has 0 atom stereocenters. The zero-order valence-corrected chi connectivity index (χ0v) is 78.9. The Kier molecular flexibility index (Phi) is 90.2. The molecule has 0 aliphatic carbocycles. The standard InChI is InChI=1S/C65H124O8.C37H68O8/c1-5-9-13-17-19-21-23-25-27-29-31-33-35-37-39-41-43-47-51-55-63(68)72-59-65(57-70-61(66)53-49-45-15-11-7-3,58-71-62(67)54-50-46-16-12-8-4)60-73-64(69)56-52-48-44-42-40-38-36-34-32-30-28-26-24-22-20-18-14-10-6-2;1-5-9-13-17-21-25-33(38)42-29-37(30-43-34(39)26-22-18-14-10-6-2,31-44-35(40)27-23-19-15-11-7-3)32-45-36(41)28-24-20-16-12-8-4/h5-60H2,1-4H3;5-32H2,1-4H3. The zero-order chi connectivity index (χ0) is 86.7. The Morgan fingerprint density at radius 1 is 0.127 bits per heavy atom. The highest BCUT2D eigenvalue weighted by Gasteiger charge is 2.40. The molecule has 0 saturated carbocycles. The number of rotatable bonds is 92. The largest absolute Gasteiger partial charge is 0.465 e. The van der Waals surface area contributed by atoms with Crippen LogP contribution in [0.1, 0.15) is 543 Å². The first-order chi connectivity index (χ1) is 57.6. The average Bonchev–Trinajstić information content (AvgIpc) is 0.858. The molecular formula is C102H192O16. The Bertz CT molecular complexity index is 2020. The summed E-state index contributed by atoms with van der Waals surface area (Å²) in [4.78, 5) is 103. The van der Waals surface area contributed by atoms with Crippen molar-refractivity contribution in [1.29, 1.82) is 0 Å². The lowest BCUT2D eigenvalue weighted by Gasteiger charge is -2.31. The van der Waals surface area contributed by atoms with Crippen molar-refractivity contribution in [2.24, 2.45) is 10.8 Å². The van der Waals surface area contributed by atoms with E-state index in [1.165, 1.54) is 205 Å². The van der Waals surface area contributed by atoms with Crippen molar-refractivity contribution in [1.82, 2.24) is 0 Å². The molecule has 0 radical (unpaired) electrons. The maximum absolute atomic E-state index is 13.2. The zero-order valence-electron chi connectivity index (χ0n) is 78.9. The molecule has 0 aromatic rings. The van der Waals surface area contributed by atoms with Crippen LogP contribution in [-0.4, -0.2) is 101 Å². The van der Waals surface area contributed by atoms with Gasteiger partial charge in [0.25, 0.3) is 0 Å². The quantitative estimate of drug-likeness (QED) is 0.0315. The summed E-state index contributed by atoms with van der Waals surface area (Å²) < 4.78 is 46.1. The second-order valence-electron chi connectivity index (χ2n) is 35.5. The van der Waals surface area contributed by atoms with Gasteiger partial charge in [-0.1, -0.05) is 441 Å². The molecule has 0 fully saturated rings. The lowest BCUT2D eigenvalue weighted by molar-refractivity contribution is -0.174. The monoisotopic (exact) mass is 1670 g/mol. The number of hydrogen-bond acceptors (Lipinski definition) is 16. The van der Waals surface area contributed by atoms with Crippen LogP contribution in [0.5, 0.6) is 0 Å². The van der Waals surface area contributed by atoms with E-state index in [9.17, 15) is 38.4 Å². The summed E-state index contributed by atoms with van der Waals surface area (Å²) in [5.74, 6) is -2.79. The van der Waals surface area contributed by atoms with Gasteiger partial charge >= 0.3 is 47.8 Å². The van der Waals surface area contributed by atoms with E-state index in [0.717, 1.165) is 231 Å². The average molecular weight is 1670 g/mol. The van der Waals surface area contributed by atoms with Crippen molar-refractivity contribution in [3.05, 3.63) is 0 Å². The summed E-state index contributed by atoms with van der Waals surface area (Å²) in [7, 11) is 0. The normalized spacial score (nSPS) is 11.5. The second-order valence-corrected chi connectivity index (χ2v) is 35.5. The van der Waals surface area contributed by atoms with Crippen LogP contribution in [0.4, 0.5) is 0 Å². The van der Waals surface area contributed by atoms with Gasteiger partial charge in [0.15, 0.2) is 0 Å². The van der Waals surface area contributed by atoms with Crippen LogP contribution in [0.25, 0.3) is 0 Å². The van der Waals surface area contributed by atoms with Gasteiger partial charge in [0.2, 0.25) is 0 Å². The molecule has 0 saturated heterocycles. The third kappa shape index (κ3) is 84.0. The Labute approximate surface area is 727 Å². The van der Waals surface area contributed by atoms with E-state index in [4.69, 9.17) is 37.9 Å². The van der Waals surface area contributed by atoms with E-state index >= 15 is 0 Å². The second kappa shape index (κ2) is 92.0.